The molecule has 0 aliphatic heterocycles. The number of anilines is 2. The van der Waals surface area contributed by atoms with E-state index in [1.165, 1.54) is 18.2 Å². The van der Waals surface area contributed by atoms with Crippen molar-refractivity contribution in [3.63, 3.8) is 0 Å². The van der Waals surface area contributed by atoms with Gasteiger partial charge in [0.1, 0.15) is 12.4 Å². The van der Waals surface area contributed by atoms with Crippen LogP contribution in [0.3, 0.4) is 0 Å². The molecule has 19 heavy (non-hydrogen) atoms. The zero-order valence-electron chi connectivity index (χ0n) is 10.8. The first-order valence-corrected chi connectivity index (χ1v) is 5.81. The fourth-order valence-corrected chi connectivity index (χ4v) is 1.79. The molecule has 0 saturated carbocycles. The molecular weight excluding hydrogens is 247 g/mol. The number of rotatable bonds is 3. The van der Waals surface area contributed by atoms with Gasteiger partial charge < -0.3 is 11.1 Å². The Morgan fingerprint density at radius 2 is 2.16 bits per heavy atom. The summed E-state index contributed by atoms with van der Waals surface area (Å²) in [7, 11) is 0. The third-order valence-electron chi connectivity index (χ3n) is 2.68. The predicted molar refractivity (Wildman–Crippen MR) is 71.1 cm³/mol. The molecule has 1 aromatic carbocycles. The van der Waals surface area contributed by atoms with Gasteiger partial charge in [-0.05, 0) is 38.1 Å². The van der Waals surface area contributed by atoms with Gasteiger partial charge in [0.2, 0.25) is 5.91 Å². The maximum Gasteiger partial charge on any atom is 0.246 e. The molecular formula is C13H15FN4O. The van der Waals surface area contributed by atoms with E-state index in [1.807, 2.05) is 19.9 Å². The second-order valence-corrected chi connectivity index (χ2v) is 4.37. The van der Waals surface area contributed by atoms with Crippen LogP contribution >= 0.6 is 0 Å². The van der Waals surface area contributed by atoms with Gasteiger partial charge in [-0.2, -0.15) is 5.10 Å². The molecule has 0 unspecified atom stereocenters. The molecule has 0 fully saturated rings. The quantitative estimate of drug-likeness (QED) is 0.829. The number of nitrogens with two attached hydrogens (primary N) is 1. The lowest BCUT2D eigenvalue weighted by atomic mass is 10.2. The minimum absolute atomic E-state index is 0.00362. The second kappa shape index (κ2) is 5.09. The SMILES string of the molecule is Cc1cc(C)n(CC(=O)Nc2ccc(F)c(N)c2)n1. The maximum absolute atomic E-state index is 13.0. The van der Waals surface area contributed by atoms with Crippen LogP contribution in [0.4, 0.5) is 15.8 Å². The first kappa shape index (κ1) is 13.1. The summed E-state index contributed by atoms with van der Waals surface area (Å²) >= 11 is 0. The first-order chi connectivity index (χ1) is 8.95. The molecule has 6 heteroatoms. The highest BCUT2D eigenvalue weighted by molar-refractivity contribution is 5.91. The lowest BCUT2D eigenvalue weighted by Gasteiger charge is -2.07. The zero-order chi connectivity index (χ0) is 14.0. The van der Waals surface area contributed by atoms with Crippen molar-refractivity contribution in [2.75, 3.05) is 11.1 Å². The predicted octanol–water partition coefficient (Wildman–Crippen LogP) is 1.86. The van der Waals surface area contributed by atoms with Crippen LogP contribution in [0, 0.1) is 19.7 Å². The van der Waals surface area contributed by atoms with Crippen LogP contribution in [0.2, 0.25) is 0 Å². The maximum atomic E-state index is 13.0. The van der Waals surface area contributed by atoms with Crippen LogP contribution in [0.25, 0.3) is 0 Å². The third-order valence-corrected chi connectivity index (χ3v) is 2.68. The Morgan fingerprint density at radius 3 is 2.74 bits per heavy atom. The number of nitrogen functional groups attached to an aromatic ring is 1. The molecule has 1 heterocycles. The number of hydrogen-bond acceptors (Lipinski definition) is 3. The molecule has 2 rings (SSSR count). The van der Waals surface area contributed by atoms with Crippen molar-refractivity contribution in [3.8, 4) is 0 Å². The Kier molecular flexibility index (Phi) is 3.50. The topological polar surface area (TPSA) is 72.9 Å². The van der Waals surface area contributed by atoms with Crippen molar-refractivity contribution in [1.82, 2.24) is 9.78 Å². The molecule has 0 saturated heterocycles. The average Bonchev–Trinajstić information content (AvgIpc) is 2.62. The Bertz CT molecular complexity index is 621. The lowest BCUT2D eigenvalue weighted by Crippen LogP contribution is -2.20. The summed E-state index contributed by atoms with van der Waals surface area (Å²) in [5, 5.41) is 6.84. The van der Waals surface area contributed by atoms with Crippen molar-refractivity contribution in [3.05, 3.63) is 41.5 Å². The number of benzene rings is 1. The van der Waals surface area contributed by atoms with Crippen LogP contribution in [-0.2, 0) is 11.3 Å². The molecule has 3 N–H and O–H groups in total. The normalized spacial score (nSPS) is 10.5. The summed E-state index contributed by atoms with van der Waals surface area (Å²) in [6.07, 6.45) is 0. The molecule has 0 aliphatic carbocycles. The summed E-state index contributed by atoms with van der Waals surface area (Å²) in [6.45, 7) is 3.85. The Balaban J connectivity index is 2.05. The number of nitrogens with one attached hydrogen (secondary N) is 1. The number of carbonyl (C=O) groups excluding carboxylic acids is 1. The van der Waals surface area contributed by atoms with Gasteiger partial charge in [-0.15, -0.1) is 0 Å². The first-order valence-electron chi connectivity index (χ1n) is 5.81. The molecule has 0 radical (unpaired) electrons. The fourth-order valence-electron chi connectivity index (χ4n) is 1.79. The highest BCUT2D eigenvalue weighted by Gasteiger charge is 2.08. The minimum Gasteiger partial charge on any atom is -0.396 e. The molecule has 5 nitrogen and oxygen atoms in total. The summed E-state index contributed by atoms with van der Waals surface area (Å²) in [4.78, 5) is 11.8. The molecule has 1 aromatic heterocycles. The molecule has 100 valence electrons. The van der Waals surface area contributed by atoms with Gasteiger partial charge in [-0.25, -0.2) is 4.39 Å². The lowest BCUT2D eigenvalue weighted by molar-refractivity contribution is -0.116. The van der Waals surface area contributed by atoms with E-state index in [4.69, 9.17) is 5.73 Å². The minimum atomic E-state index is -0.503. The molecule has 2 aromatic rings. The van der Waals surface area contributed by atoms with Gasteiger partial charge in [-0.3, -0.25) is 9.48 Å². The van der Waals surface area contributed by atoms with Crippen LogP contribution in [0.1, 0.15) is 11.4 Å². The molecule has 0 bridgehead atoms. The Labute approximate surface area is 110 Å². The van der Waals surface area contributed by atoms with Crippen LogP contribution in [0.15, 0.2) is 24.3 Å². The van der Waals surface area contributed by atoms with Crippen LogP contribution < -0.4 is 11.1 Å². The van der Waals surface area contributed by atoms with Crippen molar-refractivity contribution in [1.29, 1.82) is 0 Å². The number of halogens is 1. The standard InChI is InChI=1S/C13H15FN4O/c1-8-5-9(2)18(17-8)7-13(19)16-10-3-4-11(14)12(15)6-10/h3-6H,7,15H2,1-2H3,(H,16,19). The largest absolute Gasteiger partial charge is 0.396 e. The van der Waals surface area contributed by atoms with E-state index in [2.05, 4.69) is 10.4 Å². The van der Waals surface area contributed by atoms with Gasteiger partial charge in [0.25, 0.3) is 0 Å². The van der Waals surface area contributed by atoms with Gasteiger partial charge in [0.05, 0.1) is 11.4 Å². The van der Waals surface area contributed by atoms with Crippen molar-refractivity contribution >= 4 is 17.3 Å². The molecule has 0 atom stereocenters. The van der Waals surface area contributed by atoms with Gasteiger partial charge >= 0.3 is 0 Å². The fraction of sp³-hybridized carbons (Fsp3) is 0.231. The van der Waals surface area contributed by atoms with Crippen LogP contribution in [-0.4, -0.2) is 15.7 Å². The van der Waals surface area contributed by atoms with E-state index in [0.29, 0.717) is 5.69 Å². The smallest absolute Gasteiger partial charge is 0.246 e. The van der Waals surface area contributed by atoms with Crippen LogP contribution in [0.5, 0.6) is 0 Å². The summed E-state index contributed by atoms with van der Waals surface area (Å²) in [6, 6.07) is 5.95. The zero-order valence-corrected chi connectivity index (χ0v) is 10.8. The number of aryl methyl sites for hydroxylation is 2. The Hall–Kier alpha value is -2.37. The molecule has 1 amide bonds. The van der Waals surface area contributed by atoms with Gasteiger partial charge in [0, 0.05) is 11.4 Å². The van der Waals surface area contributed by atoms with Crippen molar-refractivity contribution < 1.29 is 9.18 Å². The average molecular weight is 262 g/mol. The summed E-state index contributed by atoms with van der Waals surface area (Å²) in [5.74, 6) is -0.742. The third kappa shape index (κ3) is 3.09. The number of carbonyl (C=O) groups is 1. The number of amides is 1. The van der Waals surface area contributed by atoms with E-state index in [1.54, 1.807) is 4.68 Å². The molecule has 0 aliphatic rings. The monoisotopic (exact) mass is 262 g/mol. The number of aromatic nitrogens is 2. The second-order valence-electron chi connectivity index (χ2n) is 4.37. The van der Waals surface area contributed by atoms with Crippen molar-refractivity contribution in [2.24, 2.45) is 0 Å². The van der Waals surface area contributed by atoms with E-state index in [-0.39, 0.29) is 18.1 Å². The Morgan fingerprint density at radius 1 is 1.42 bits per heavy atom. The van der Waals surface area contributed by atoms with E-state index < -0.39 is 5.82 Å². The van der Waals surface area contributed by atoms with E-state index in [9.17, 15) is 9.18 Å². The number of nitrogens with zero attached hydrogens (tertiary/aromatic N) is 2. The molecule has 0 spiro atoms. The van der Waals surface area contributed by atoms with Gasteiger partial charge in [0.15, 0.2) is 0 Å². The van der Waals surface area contributed by atoms with Crippen molar-refractivity contribution in [2.45, 2.75) is 20.4 Å². The van der Waals surface area contributed by atoms with Gasteiger partial charge in [-0.1, -0.05) is 0 Å². The summed E-state index contributed by atoms with van der Waals surface area (Å²) in [5.41, 5.74) is 7.67. The highest BCUT2D eigenvalue weighted by atomic mass is 19.1. The van der Waals surface area contributed by atoms with E-state index in [0.717, 1.165) is 11.4 Å². The number of hydrogen-bond donors (Lipinski definition) is 2. The van der Waals surface area contributed by atoms with E-state index >= 15 is 0 Å². The summed E-state index contributed by atoms with van der Waals surface area (Å²) < 4.78 is 14.6. The highest BCUT2D eigenvalue weighted by Crippen LogP contribution is 2.16.